The van der Waals surface area contributed by atoms with Crippen molar-refractivity contribution < 1.29 is 9.53 Å². The SMILES string of the molecule is CCc1sc2cc(SCc3ccc(Cl)cc3Cl)ccc2c1OC(C)=O. The third-order valence-corrected chi connectivity index (χ3v) is 6.57. The highest BCUT2D eigenvalue weighted by atomic mass is 35.5. The molecule has 0 saturated carbocycles. The molecule has 3 aromatic rings. The van der Waals surface area contributed by atoms with E-state index in [2.05, 4.69) is 19.1 Å². The molecule has 25 heavy (non-hydrogen) atoms. The van der Waals surface area contributed by atoms with Crippen molar-refractivity contribution >= 4 is 62.4 Å². The topological polar surface area (TPSA) is 26.3 Å². The molecule has 6 heteroatoms. The van der Waals surface area contributed by atoms with Crippen LogP contribution in [0.5, 0.6) is 5.75 Å². The first kappa shape index (κ1) is 18.6. The molecule has 0 fully saturated rings. The van der Waals surface area contributed by atoms with E-state index in [0.29, 0.717) is 15.8 Å². The predicted molar refractivity (Wildman–Crippen MR) is 109 cm³/mol. The van der Waals surface area contributed by atoms with Crippen LogP contribution in [0.25, 0.3) is 10.1 Å². The summed E-state index contributed by atoms with van der Waals surface area (Å²) < 4.78 is 6.55. The lowest BCUT2D eigenvalue weighted by Crippen LogP contribution is -2.02. The van der Waals surface area contributed by atoms with E-state index in [4.69, 9.17) is 27.9 Å². The van der Waals surface area contributed by atoms with Gasteiger partial charge in [0.1, 0.15) is 0 Å². The van der Waals surface area contributed by atoms with Crippen LogP contribution < -0.4 is 4.74 Å². The van der Waals surface area contributed by atoms with Gasteiger partial charge in [-0.1, -0.05) is 36.2 Å². The van der Waals surface area contributed by atoms with E-state index >= 15 is 0 Å². The zero-order valence-electron chi connectivity index (χ0n) is 13.8. The van der Waals surface area contributed by atoms with Gasteiger partial charge in [0, 0.05) is 42.6 Å². The van der Waals surface area contributed by atoms with Crippen molar-refractivity contribution in [1.29, 1.82) is 0 Å². The van der Waals surface area contributed by atoms with Gasteiger partial charge in [0.05, 0.1) is 0 Å². The van der Waals surface area contributed by atoms with Crippen LogP contribution in [0.3, 0.4) is 0 Å². The van der Waals surface area contributed by atoms with Gasteiger partial charge in [-0.2, -0.15) is 0 Å². The predicted octanol–water partition coefficient (Wildman–Crippen LogP) is 6.99. The number of aryl methyl sites for hydroxylation is 1. The summed E-state index contributed by atoms with van der Waals surface area (Å²) in [5.74, 6) is 1.18. The molecule has 0 amide bonds. The highest BCUT2D eigenvalue weighted by Gasteiger charge is 2.15. The summed E-state index contributed by atoms with van der Waals surface area (Å²) in [5, 5.41) is 2.32. The molecule has 2 aromatic carbocycles. The van der Waals surface area contributed by atoms with E-state index in [1.54, 1.807) is 29.2 Å². The monoisotopic (exact) mass is 410 g/mol. The number of halogens is 2. The number of carbonyl (C=O) groups excluding carboxylic acids is 1. The van der Waals surface area contributed by atoms with E-state index in [1.807, 2.05) is 18.2 Å². The normalized spacial score (nSPS) is 11.0. The number of esters is 1. The number of hydrogen-bond donors (Lipinski definition) is 0. The average Bonchev–Trinajstić information content (AvgIpc) is 2.90. The van der Waals surface area contributed by atoms with Crippen LogP contribution >= 0.6 is 46.3 Å². The number of ether oxygens (including phenoxy) is 1. The van der Waals surface area contributed by atoms with Crippen molar-refractivity contribution in [3.05, 3.63) is 56.9 Å². The number of benzene rings is 2. The van der Waals surface area contributed by atoms with Gasteiger partial charge in [0.25, 0.3) is 0 Å². The van der Waals surface area contributed by atoms with E-state index in [0.717, 1.165) is 37.6 Å². The number of rotatable bonds is 5. The Kier molecular flexibility index (Phi) is 5.95. The van der Waals surface area contributed by atoms with Crippen molar-refractivity contribution in [2.24, 2.45) is 0 Å². The number of fused-ring (bicyclic) bond motifs is 1. The standard InChI is InChI=1S/C19H16Cl2O2S2/c1-3-17-19(23-11(2)22)15-7-6-14(9-18(15)25-17)24-10-12-4-5-13(20)8-16(12)21/h4-9H,3,10H2,1-2H3. The molecule has 0 N–H and O–H groups in total. The lowest BCUT2D eigenvalue weighted by molar-refractivity contribution is -0.131. The Balaban J connectivity index is 1.85. The maximum absolute atomic E-state index is 11.4. The molecule has 1 heterocycles. The maximum atomic E-state index is 11.4. The quantitative estimate of drug-likeness (QED) is 0.334. The first-order chi connectivity index (χ1) is 12.0. The van der Waals surface area contributed by atoms with Crippen molar-refractivity contribution in [3.8, 4) is 5.75 Å². The minimum atomic E-state index is -0.287. The molecule has 0 aliphatic carbocycles. The van der Waals surface area contributed by atoms with Gasteiger partial charge in [0.2, 0.25) is 0 Å². The first-order valence-corrected chi connectivity index (χ1v) is 10.3. The molecule has 0 spiro atoms. The van der Waals surface area contributed by atoms with Crippen LogP contribution in [0.1, 0.15) is 24.3 Å². The van der Waals surface area contributed by atoms with Crippen LogP contribution in [0.2, 0.25) is 10.0 Å². The highest BCUT2D eigenvalue weighted by molar-refractivity contribution is 7.98. The molecular weight excluding hydrogens is 395 g/mol. The molecule has 0 saturated heterocycles. The molecule has 130 valence electrons. The van der Waals surface area contributed by atoms with E-state index < -0.39 is 0 Å². The number of thioether (sulfide) groups is 1. The third-order valence-electron chi connectivity index (χ3n) is 3.66. The Morgan fingerprint density at radius 1 is 1.20 bits per heavy atom. The van der Waals surface area contributed by atoms with Gasteiger partial charge in [-0.15, -0.1) is 23.1 Å². The van der Waals surface area contributed by atoms with Gasteiger partial charge in [-0.05, 0) is 42.3 Å². The van der Waals surface area contributed by atoms with E-state index in [-0.39, 0.29) is 5.97 Å². The summed E-state index contributed by atoms with van der Waals surface area (Å²) in [6.07, 6.45) is 0.838. The zero-order valence-corrected chi connectivity index (χ0v) is 16.9. The van der Waals surface area contributed by atoms with Crippen molar-refractivity contribution in [2.45, 2.75) is 30.9 Å². The summed E-state index contributed by atoms with van der Waals surface area (Å²) >= 11 is 15.6. The summed E-state index contributed by atoms with van der Waals surface area (Å²) in [4.78, 5) is 13.6. The molecule has 3 rings (SSSR count). The van der Waals surface area contributed by atoms with Crippen molar-refractivity contribution in [1.82, 2.24) is 0 Å². The Morgan fingerprint density at radius 3 is 2.68 bits per heavy atom. The summed E-state index contributed by atoms with van der Waals surface area (Å²) in [6, 6.07) is 11.8. The van der Waals surface area contributed by atoms with Gasteiger partial charge in [-0.3, -0.25) is 4.79 Å². The fourth-order valence-electron chi connectivity index (χ4n) is 2.48. The Morgan fingerprint density at radius 2 is 2.00 bits per heavy atom. The fraction of sp³-hybridized carbons (Fsp3) is 0.211. The van der Waals surface area contributed by atoms with Gasteiger partial charge < -0.3 is 4.74 Å². The van der Waals surface area contributed by atoms with E-state index in [9.17, 15) is 4.79 Å². The average molecular weight is 411 g/mol. The highest BCUT2D eigenvalue weighted by Crippen LogP contribution is 2.40. The molecule has 0 bridgehead atoms. The molecule has 2 nitrogen and oxygen atoms in total. The number of thiophene rings is 1. The molecule has 1 aromatic heterocycles. The van der Waals surface area contributed by atoms with Gasteiger partial charge >= 0.3 is 5.97 Å². The number of carbonyl (C=O) groups is 1. The Hall–Kier alpha value is -1.20. The van der Waals surface area contributed by atoms with Crippen LogP contribution in [0.15, 0.2) is 41.3 Å². The first-order valence-electron chi connectivity index (χ1n) is 7.78. The largest absolute Gasteiger partial charge is 0.425 e. The summed E-state index contributed by atoms with van der Waals surface area (Å²) in [5.41, 5.74) is 1.05. The number of hydrogen-bond acceptors (Lipinski definition) is 4. The molecule has 0 atom stereocenters. The van der Waals surface area contributed by atoms with E-state index in [1.165, 1.54) is 6.92 Å². The molecular formula is C19H16Cl2O2S2. The molecule has 0 unspecified atom stereocenters. The zero-order chi connectivity index (χ0) is 18.0. The Labute approximate surface area is 165 Å². The van der Waals surface area contributed by atoms with Crippen LogP contribution in [-0.2, 0) is 17.0 Å². The summed E-state index contributed by atoms with van der Waals surface area (Å²) in [7, 11) is 0. The van der Waals surface area contributed by atoms with Crippen molar-refractivity contribution in [2.75, 3.05) is 0 Å². The van der Waals surface area contributed by atoms with Crippen LogP contribution in [-0.4, -0.2) is 5.97 Å². The molecule has 0 radical (unpaired) electrons. The van der Waals surface area contributed by atoms with Crippen molar-refractivity contribution in [3.63, 3.8) is 0 Å². The second-order valence-electron chi connectivity index (χ2n) is 5.48. The maximum Gasteiger partial charge on any atom is 0.308 e. The molecule has 0 aliphatic heterocycles. The smallest absolute Gasteiger partial charge is 0.308 e. The summed E-state index contributed by atoms with van der Waals surface area (Å²) in [6.45, 7) is 3.50. The lowest BCUT2D eigenvalue weighted by Gasteiger charge is -2.06. The van der Waals surface area contributed by atoms with Gasteiger partial charge in [0.15, 0.2) is 5.75 Å². The van der Waals surface area contributed by atoms with Crippen LogP contribution in [0, 0.1) is 0 Å². The lowest BCUT2D eigenvalue weighted by atomic mass is 10.2. The van der Waals surface area contributed by atoms with Gasteiger partial charge in [-0.25, -0.2) is 0 Å². The fourth-order valence-corrected chi connectivity index (χ4v) is 5.16. The Bertz CT molecular complexity index is 935. The van der Waals surface area contributed by atoms with Crippen LogP contribution in [0.4, 0.5) is 0 Å². The second kappa shape index (κ2) is 8.00. The molecule has 0 aliphatic rings. The second-order valence-corrected chi connectivity index (χ2v) is 8.51. The minimum absolute atomic E-state index is 0.287. The minimum Gasteiger partial charge on any atom is -0.425 e. The third kappa shape index (κ3) is 4.32.